The van der Waals surface area contributed by atoms with E-state index in [9.17, 15) is 0 Å². The largest absolute Gasteiger partial charge is 0.486 e. The topological polar surface area (TPSA) is 93.3 Å². The van der Waals surface area contributed by atoms with Gasteiger partial charge in [-0.3, -0.25) is 4.98 Å². The quantitative estimate of drug-likeness (QED) is 0.533. The van der Waals surface area contributed by atoms with E-state index in [0.717, 1.165) is 29.7 Å². The van der Waals surface area contributed by atoms with Gasteiger partial charge in [0.1, 0.15) is 6.61 Å². The predicted octanol–water partition coefficient (Wildman–Crippen LogP) is 3.43. The van der Waals surface area contributed by atoms with Gasteiger partial charge >= 0.3 is 0 Å². The maximum absolute atomic E-state index is 5.80. The number of halogens is 1. The zero-order valence-electron chi connectivity index (χ0n) is 17.2. The van der Waals surface area contributed by atoms with Crippen LogP contribution in [0.3, 0.4) is 0 Å². The molecule has 3 aromatic rings. The lowest BCUT2D eigenvalue weighted by Crippen LogP contribution is -2.53. The van der Waals surface area contributed by atoms with Crippen LogP contribution in [0.15, 0.2) is 39.8 Å². The third-order valence-electron chi connectivity index (χ3n) is 4.96. The van der Waals surface area contributed by atoms with Crippen LogP contribution in [0, 0.1) is 0 Å². The number of nitrogens with zero attached hydrogens (tertiary/aromatic N) is 7. The molecule has 9 nitrogen and oxygen atoms in total. The molecular formula is C20H24BrN7O2. The fourth-order valence-corrected chi connectivity index (χ4v) is 3.61. The lowest BCUT2D eigenvalue weighted by atomic mass is 10.2. The average Bonchev–Trinajstić information content (AvgIpc) is 3.24. The second-order valence-electron chi connectivity index (χ2n) is 7.55. The minimum Gasteiger partial charge on any atom is -0.486 e. The number of aromatic nitrogens is 5. The molecule has 1 saturated heterocycles. The summed E-state index contributed by atoms with van der Waals surface area (Å²) in [4.78, 5) is 21.9. The highest BCUT2D eigenvalue weighted by molar-refractivity contribution is 9.10. The first-order chi connectivity index (χ1) is 14.5. The number of piperazine rings is 1. The molecule has 1 atom stereocenters. The molecule has 1 aliphatic rings. The third kappa shape index (κ3) is 4.53. The monoisotopic (exact) mass is 473 g/mol. The van der Waals surface area contributed by atoms with Crippen LogP contribution in [0.4, 0.5) is 11.9 Å². The number of anilines is 2. The van der Waals surface area contributed by atoms with Gasteiger partial charge in [0, 0.05) is 54.0 Å². The van der Waals surface area contributed by atoms with Gasteiger partial charge in [0.25, 0.3) is 5.95 Å². The number of hydrogen-bond acceptors (Lipinski definition) is 9. The highest BCUT2D eigenvalue weighted by atomic mass is 79.9. The molecular weight excluding hydrogens is 450 g/mol. The van der Waals surface area contributed by atoms with Crippen LogP contribution in [0.1, 0.15) is 38.1 Å². The maximum Gasteiger partial charge on any atom is 0.266 e. The molecule has 4 heterocycles. The van der Waals surface area contributed by atoms with Crippen LogP contribution >= 0.6 is 15.9 Å². The van der Waals surface area contributed by atoms with Crippen LogP contribution < -0.4 is 14.5 Å². The Morgan fingerprint density at radius 3 is 2.67 bits per heavy atom. The normalized spacial score (nSPS) is 16.9. The predicted molar refractivity (Wildman–Crippen MR) is 116 cm³/mol. The van der Waals surface area contributed by atoms with Gasteiger partial charge in [-0.2, -0.15) is 4.98 Å². The molecule has 1 aliphatic heterocycles. The molecule has 0 aliphatic carbocycles. The summed E-state index contributed by atoms with van der Waals surface area (Å²) in [6, 6.07) is 2.12. The van der Waals surface area contributed by atoms with E-state index < -0.39 is 0 Å². The Morgan fingerprint density at radius 1 is 1.20 bits per heavy atom. The standard InChI is InChI=1S/C20H24BrN7O2/c1-13(2)18-25-20(26-30-18)27-6-7-28(14(3)11-27)19-23-8-16(9-24-19)29-12-15-4-5-22-10-17(15)21/h4-5,8-10,13-14H,6-7,11-12H2,1-3H3. The summed E-state index contributed by atoms with van der Waals surface area (Å²) in [5.74, 6) is 2.85. The third-order valence-corrected chi connectivity index (χ3v) is 5.67. The summed E-state index contributed by atoms with van der Waals surface area (Å²) >= 11 is 3.47. The van der Waals surface area contributed by atoms with E-state index in [1.165, 1.54) is 0 Å². The van der Waals surface area contributed by atoms with Crippen molar-refractivity contribution in [3.8, 4) is 5.75 Å². The Labute approximate surface area is 183 Å². The molecule has 3 aromatic heterocycles. The Kier molecular flexibility index (Phi) is 6.12. The SMILES string of the molecule is CC(C)c1nc(N2CCN(c3ncc(OCc4ccncc4Br)cn3)C(C)C2)no1. The zero-order valence-corrected chi connectivity index (χ0v) is 18.8. The van der Waals surface area contributed by atoms with Crippen molar-refractivity contribution in [1.29, 1.82) is 0 Å². The molecule has 10 heteroatoms. The van der Waals surface area contributed by atoms with Gasteiger partial charge in [0.2, 0.25) is 11.8 Å². The Balaban J connectivity index is 1.36. The van der Waals surface area contributed by atoms with Crippen LogP contribution in [-0.2, 0) is 6.61 Å². The average molecular weight is 474 g/mol. The van der Waals surface area contributed by atoms with Crippen molar-refractivity contribution in [2.75, 3.05) is 29.4 Å². The minimum absolute atomic E-state index is 0.208. The molecule has 30 heavy (non-hydrogen) atoms. The molecule has 1 fully saturated rings. The zero-order chi connectivity index (χ0) is 21.1. The molecule has 158 valence electrons. The second-order valence-corrected chi connectivity index (χ2v) is 8.40. The van der Waals surface area contributed by atoms with Crippen LogP contribution in [0.25, 0.3) is 0 Å². The van der Waals surface area contributed by atoms with Crippen LogP contribution in [0.2, 0.25) is 0 Å². The highest BCUT2D eigenvalue weighted by Gasteiger charge is 2.28. The van der Waals surface area contributed by atoms with Crippen molar-refractivity contribution in [3.05, 3.63) is 46.8 Å². The van der Waals surface area contributed by atoms with Crippen molar-refractivity contribution in [3.63, 3.8) is 0 Å². The highest BCUT2D eigenvalue weighted by Crippen LogP contribution is 2.23. The lowest BCUT2D eigenvalue weighted by molar-refractivity contribution is 0.302. The molecule has 0 spiro atoms. The summed E-state index contributed by atoms with van der Waals surface area (Å²) in [5.41, 5.74) is 1.01. The van der Waals surface area contributed by atoms with Gasteiger partial charge in [-0.1, -0.05) is 13.8 Å². The van der Waals surface area contributed by atoms with Crippen molar-refractivity contribution in [2.24, 2.45) is 0 Å². The van der Waals surface area contributed by atoms with E-state index in [4.69, 9.17) is 9.26 Å². The number of hydrogen-bond donors (Lipinski definition) is 0. The molecule has 0 N–H and O–H groups in total. The number of pyridine rings is 1. The van der Waals surface area contributed by atoms with Gasteiger partial charge in [-0.25, -0.2) is 9.97 Å². The Morgan fingerprint density at radius 2 is 2.00 bits per heavy atom. The van der Waals surface area contributed by atoms with Gasteiger partial charge in [0.05, 0.1) is 12.4 Å². The first-order valence-electron chi connectivity index (χ1n) is 9.89. The van der Waals surface area contributed by atoms with Gasteiger partial charge < -0.3 is 19.1 Å². The Hall–Kier alpha value is -2.75. The summed E-state index contributed by atoms with van der Waals surface area (Å²) in [6.45, 7) is 8.97. The second kappa shape index (κ2) is 8.95. The van der Waals surface area contributed by atoms with E-state index in [-0.39, 0.29) is 12.0 Å². The molecule has 4 rings (SSSR count). The number of rotatable bonds is 6. The molecule has 0 amide bonds. The summed E-state index contributed by atoms with van der Waals surface area (Å²) < 4.78 is 12.1. The minimum atomic E-state index is 0.208. The molecule has 1 unspecified atom stereocenters. The van der Waals surface area contributed by atoms with Gasteiger partial charge in [0.15, 0.2) is 5.75 Å². The summed E-state index contributed by atoms with van der Waals surface area (Å²) in [5, 5.41) is 4.12. The van der Waals surface area contributed by atoms with Crippen LogP contribution in [0.5, 0.6) is 5.75 Å². The van der Waals surface area contributed by atoms with Gasteiger partial charge in [-0.05, 0) is 34.1 Å². The fraction of sp³-hybridized carbons (Fsp3) is 0.450. The van der Waals surface area contributed by atoms with Crippen molar-refractivity contribution in [2.45, 2.75) is 39.3 Å². The van der Waals surface area contributed by atoms with E-state index in [1.807, 2.05) is 19.9 Å². The maximum atomic E-state index is 5.80. The Bertz CT molecular complexity index is 979. The first-order valence-corrected chi connectivity index (χ1v) is 10.7. The molecule has 0 aromatic carbocycles. The smallest absolute Gasteiger partial charge is 0.266 e. The molecule has 0 radical (unpaired) electrons. The van der Waals surface area contributed by atoms with Crippen LogP contribution in [-0.4, -0.2) is 50.8 Å². The lowest BCUT2D eigenvalue weighted by Gasteiger charge is -2.39. The fourth-order valence-electron chi connectivity index (χ4n) is 3.24. The summed E-state index contributed by atoms with van der Waals surface area (Å²) in [7, 11) is 0. The molecule has 0 bridgehead atoms. The van der Waals surface area contributed by atoms with E-state index in [2.05, 4.69) is 57.7 Å². The molecule has 0 saturated carbocycles. The summed E-state index contributed by atoms with van der Waals surface area (Å²) in [6.07, 6.45) is 6.91. The van der Waals surface area contributed by atoms with Crippen molar-refractivity contribution in [1.82, 2.24) is 25.1 Å². The van der Waals surface area contributed by atoms with Crippen molar-refractivity contribution < 1.29 is 9.26 Å². The van der Waals surface area contributed by atoms with E-state index in [1.54, 1.807) is 24.8 Å². The van der Waals surface area contributed by atoms with E-state index in [0.29, 0.717) is 30.1 Å². The van der Waals surface area contributed by atoms with Gasteiger partial charge in [-0.15, -0.1) is 0 Å². The first kappa shape index (κ1) is 20.5. The number of ether oxygens (including phenoxy) is 1. The van der Waals surface area contributed by atoms with E-state index >= 15 is 0 Å². The van der Waals surface area contributed by atoms with Crippen molar-refractivity contribution >= 4 is 27.8 Å².